The maximum absolute atomic E-state index is 12.3. The van der Waals surface area contributed by atoms with Crippen molar-refractivity contribution in [2.45, 2.75) is 58.5 Å². The molecule has 0 spiro atoms. The molecule has 0 bridgehead atoms. The van der Waals surface area contributed by atoms with Crippen molar-refractivity contribution in [1.29, 1.82) is 0 Å². The highest BCUT2D eigenvalue weighted by Gasteiger charge is 2.13. The molecule has 0 saturated heterocycles. The Labute approximate surface area is 147 Å². The lowest BCUT2D eigenvalue weighted by molar-refractivity contribution is -0.120. The fraction of sp³-hybridized carbons (Fsp3) is 0.500. The molecule has 6 heteroatoms. The monoisotopic (exact) mass is 344 g/mol. The SMILES string of the molecule is CC(C)n1c(CNC(=O)Cc2ccc3c(c2)CCCC3)n[nH]c1=S. The second-order valence-corrected chi connectivity index (χ2v) is 7.06. The van der Waals surface area contributed by atoms with Gasteiger partial charge in [-0.15, -0.1) is 0 Å². The van der Waals surface area contributed by atoms with Crippen LogP contribution in [-0.4, -0.2) is 20.7 Å². The van der Waals surface area contributed by atoms with Crippen LogP contribution < -0.4 is 5.32 Å². The van der Waals surface area contributed by atoms with Gasteiger partial charge < -0.3 is 9.88 Å². The zero-order valence-corrected chi connectivity index (χ0v) is 15.1. The van der Waals surface area contributed by atoms with Crippen LogP contribution in [0.3, 0.4) is 0 Å². The van der Waals surface area contributed by atoms with Crippen LogP contribution in [0.4, 0.5) is 0 Å². The number of carbonyl (C=O) groups is 1. The fourth-order valence-electron chi connectivity index (χ4n) is 3.32. The van der Waals surface area contributed by atoms with E-state index in [0.717, 1.165) is 17.8 Å². The summed E-state index contributed by atoms with van der Waals surface area (Å²) in [6, 6.07) is 6.66. The topological polar surface area (TPSA) is 62.7 Å². The molecule has 24 heavy (non-hydrogen) atoms. The molecular formula is C18H24N4OS. The van der Waals surface area contributed by atoms with Crippen LogP contribution in [0.1, 0.15) is 55.2 Å². The van der Waals surface area contributed by atoms with Crippen molar-refractivity contribution in [2.75, 3.05) is 0 Å². The van der Waals surface area contributed by atoms with Gasteiger partial charge >= 0.3 is 0 Å². The molecule has 1 heterocycles. The Bertz CT molecular complexity index is 791. The maximum Gasteiger partial charge on any atom is 0.224 e. The highest BCUT2D eigenvalue weighted by Crippen LogP contribution is 2.22. The van der Waals surface area contributed by atoms with E-state index >= 15 is 0 Å². The van der Waals surface area contributed by atoms with E-state index in [0.29, 0.717) is 17.7 Å². The van der Waals surface area contributed by atoms with E-state index in [1.807, 2.05) is 18.4 Å². The first-order valence-corrected chi connectivity index (χ1v) is 8.98. The van der Waals surface area contributed by atoms with Crippen molar-refractivity contribution in [3.8, 4) is 0 Å². The number of aromatic amines is 1. The smallest absolute Gasteiger partial charge is 0.224 e. The van der Waals surface area contributed by atoms with Crippen molar-refractivity contribution in [2.24, 2.45) is 0 Å². The van der Waals surface area contributed by atoms with Crippen molar-refractivity contribution in [3.05, 3.63) is 45.5 Å². The fourth-order valence-corrected chi connectivity index (χ4v) is 3.68. The van der Waals surface area contributed by atoms with Gasteiger partial charge in [-0.05, 0) is 68.4 Å². The number of aromatic nitrogens is 3. The van der Waals surface area contributed by atoms with Gasteiger partial charge in [0.15, 0.2) is 10.6 Å². The quantitative estimate of drug-likeness (QED) is 0.819. The van der Waals surface area contributed by atoms with Gasteiger partial charge in [0, 0.05) is 6.04 Å². The number of amides is 1. The molecule has 2 N–H and O–H groups in total. The number of fused-ring (bicyclic) bond motifs is 1. The minimum absolute atomic E-state index is 0.00924. The largest absolute Gasteiger partial charge is 0.349 e. The molecule has 1 aromatic heterocycles. The number of carbonyl (C=O) groups excluding carboxylic acids is 1. The Balaban J connectivity index is 1.61. The van der Waals surface area contributed by atoms with E-state index in [9.17, 15) is 4.79 Å². The Morgan fingerprint density at radius 2 is 2.08 bits per heavy atom. The van der Waals surface area contributed by atoms with Crippen LogP contribution in [0.2, 0.25) is 0 Å². The zero-order chi connectivity index (χ0) is 17.1. The van der Waals surface area contributed by atoms with Crippen LogP contribution in [-0.2, 0) is 30.6 Å². The molecule has 1 aliphatic rings. The minimum Gasteiger partial charge on any atom is -0.349 e. The van der Waals surface area contributed by atoms with Crippen molar-refractivity contribution in [1.82, 2.24) is 20.1 Å². The second kappa shape index (κ2) is 7.30. The van der Waals surface area contributed by atoms with Gasteiger partial charge in [0.1, 0.15) is 0 Å². The predicted molar refractivity (Wildman–Crippen MR) is 96.4 cm³/mol. The average molecular weight is 344 g/mol. The molecule has 0 fully saturated rings. The summed E-state index contributed by atoms with van der Waals surface area (Å²) in [5.41, 5.74) is 3.93. The third-order valence-electron chi connectivity index (χ3n) is 4.52. The Hall–Kier alpha value is -1.95. The molecule has 5 nitrogen and oxygen atoms in total. The summed E-state index contributed by atoms with van der Waals surface area (Å²) >= 11 is 5.22. The number of hydrogen-bond donors (Lipinski definition) is 2. The van der Waals surface area contributed by atoms with Gasteiger partial charge in [0.05, 0.1) is 13.0 Å². The molecule has 1 amide bonds. The molecule has 0 radical (unpaired) electrons. The lowest BCUT2D eigenvalue weighted by Crippen LogP contribution is -2.26. The molecule has 0 aliphatic heterocycles. The summed E-state index contributed by atoms with van der Waals surface area (Å²) < 4.78 is 2.51. The molecule has 3 rings (SSSR count). The number of hydrogen-bond acceptors (Lipinski definition) is 3. The molecule has 1 aliphatic carbocycles. The number of nitrogens with one attached hydrogen (secondary N) is 2. The summed E-state index contributed by atoms with van der Waals surface area (Å²) in [4.78, 5) is 12.3. The van der Waals surface area contributed by atoms with Crippen LogP contribution in [0.25, 0.3) is 0 Å². The van der Waals surface area contributed by atoms with Crippen molar-refractivity contribution >= 4 is 18.1 Å². The first kappa shape index (κ1) is 16.9. The standard InChI is InChI=1S/C18H24N4OS/c1-12(2)22-16(20-21-18(22)24)11-19-17(23)10-13-7-8-14-5-3-4-6-15(14)9-13/h7-9,12H,3-6,10-11H2,1-2H3,(H,19,23)(H,21,24). The Morgan fingerprint density at radius 1 is 1.33 bits per heavy atom. The van der Waals surface area contributed by atoms with Gasteiger partial charge in [0.2, 0.25) is 5.91 Å². The minimum atomic E-state index is 0.00924. The summed E-state index contributed by atoms with van der Waals surface area (Å²) in [7, 11) is 0. The lowest BCUT2D eigenvalue weighted by atomic mass is 9.90. The number of nitrogens with zero attached hydrogens (tertiary/aromatic N) is 2. The van der Waals surface area contributed by atoms with Gasteiger partial charge in [-0.2, -0.15) is 5.10 Å². The molecule has 128 valence electrons. The molecule has 0 atom stereocenters. The van der Waals surface area contributed by atoms with Gasteiger partial charge in [-0.25, -0.2) is 0 Å². The zero-order valence-electron chi connectivity index (χ0n) is 14.3. The van der Waals surface area contributed by atoms with Crippen molar-refractivity contribution in [3.63, 3.8) is 0 Å². The normalized spacial score (nSPS) is 13.8. The van der Waals surface area contributed by atoms with Crippen LogP contribution in [0, 0.1) is 4.77 Å². The van der Waals surface area contributed by atoms with Gasteiger partial charge in [-0.3, -0.25) is 9.89 Å². The van der Waals surface area contributed by atoms with E-state index in [2.05, 4.69) is 33.7 Å². The van der Waals surface area contributed by atoms with Crippen LogP contribution in [0.15, 0.2) is 18.2 Å². The van der Waals surface area contributed by atoms with E-state index in [-0.39, 0.29) is 11.9 Å². The first-order valence-electron chi connectivity index (χ1n) is 8.57. The second-order valence-electron chi connectivity index (χ2n) is 6.67. The van der Waals surface area contributed by atoms with E-state index in [1.54, 1.807) is 0 Å². The summed E-state index contributed by atoms with van der Waals surface area (Å²) in [6.45, 7) is 4.47. The lowest BCUT2D eigenvalue weighted by Gasteiger charge is -2.16. The molecule has 1 aromatic carbocycles. The molecule has 0 unspecified atom stereocenters. The first-order chi connectivity index (χ1) is 11.5. The number of benzene rings is 1. The average Bonchev–Trinajstić information content (AvgIpc) is 2.94. The van der Waals surface area contributed by atoms with E-state index < -0.39 is 0 Å². The summed E-state index contributed by atoms with van der Waals surface area (Å²) in [5, 5.41) is 9.94. The number of rotatable bonds is 5. The molecular weight excluding hydrogens is 320 g/mol. The van der Waals surface area contributed by atoms with Crippen LogP contribution >= 0.6 is 12.2 Å². The van der Waals surface area contributed by atoms with Crippen molar-refractivity contribution < 1.29 is 4.79 Å². The third kappa shape index (κ3) is 3.75. The molecule has 2 aromatic rings. The Kier molecular flexibility index (Phi) is 5.14. The summed E-state index contributed by atoms with van der Waals surface area (Å²) in [5.74, 6) is 0.767. The third-order valence-corrected chi connectivity index (χ3v) is 4.80. The predicted octanol–water partition coefficient (Wildman–Crippen LogP) is 3.26. The maximum atomic E-state index is 12.3. The van der Waals surface area contributed by atoms with E-state index in [4.69, 9.17) is 12.2 Å². The highest BCUT2D eigenvalue weighted by molar-refractivity contribution is 7.71. The number of H-pyrrole nitrogens is 1. The molecule has 0 saturated carbocycles. The van der Waals surface area contributed by atoms with Crippen LogP contribution in [0.5, 0.6) is 0 Å². The van der Waals surface area contributed by atoms with Gasteiger partial charge in [0.25, 0.3) is 0 Å². The number of aryl methyl sites for hydroxylation is 2. The Morgan fingerprint density at radius 3 is 2.83 bits per heavy atom. The van der Waals surface area contributed by atoms with Gasteiger partial charge in [-0.1, -0.05) is 18.2 Å². The van der Waals surface area contributed by atoms with E-state index in [1.165, 1.54) is 30.4 Å². The summed E-state index contributed by atoms with van der Waals surface area (Å²) in [6.07, 6.45) is 5.23. The highest BCUT2D eigenvalue weighted by atomic mass is 32.1.